The van der Waals surface area contributed by atoms with Crippen molar-refractivity contribution in [2.24, 2.45) is 17.8 Å². The molecule has 1 fully saturated rings. The Bertz CT molecular complexity index is 851. The van der Waals surface area contributed by atoms with E-state index in [2.05, 4.69) is 4.74 Å². The first-order valence-corrected chi connectivity index (χ1v) is 8.87. The van der Waals surface area contributed by atoms with Gasteiger partial charge in [-0.3, -0.25) is 14.4 Å². The molecule has 26 heavy (non-hydrogen) atoms. The van der Waals surface area contributed by atoms with E-state index in [4.69, 9.17) is 4.74 Å². The van der Waals surface area contributed by atoms with E-state index >= 15 is 0 Å². The zero-order valence-electron chi connectivity index (χ0n) is 15.1. The van der Waals surface area contributed by atoms with Gasteiger partial charge < -0.3 is 9.47 Å². The second kappa shape index (κ2) is 7.28. The van der Waals surface area contributed by atoms with Crippen molar-refractivity contribution in [1.82, 2.24) is 0 Å². The first kappa shape index (κ1) is 18.1. The summed E-state index contributed by atoms with van der Waals surface area (Å²) in [7, 11) is 0. The molecule has 2 aromatic carbocycles. The number of ether oxygens (including phenoxy) is 2. The molecule has 0 radical (unpaired) electrons. The molecule has 2 aromatic rings. The van der Waals surface area contributed by atoms with Gasteiger partial charge in [-0.25, -0.2) is 0 Å². The Morgan fingerprint density at radius 2 is 1.81 bits per heavy atom. The maximum Gasteiger partial charge on any atom is 0.318 e. The zero-order chi connectivity index (χ0) is 18.8. The van der Waals surface area contributed by atoms with Gasteiger partial charge in [0, 0.05) is 0 Å². The predicted molar refractivity (Wildman–Crippen MR) is 96.0 cm³/mol. The SMILES string of the molecule is CCC(C(=O)OC(C)c1cccc2ccccc12)C1C(=O)OC(=O)C1C. The minimum Gasteiger partial charge on any atom is -0.458 e. The van der Waals surface area contributed by atoms with Crippen LogP contribution in [-0.4, -0.2) is 17.9 Å². The number of hydrogen-bond acceptors (Lipinski definition) is 5. The van der Waals surface area contributed by atoms with Gasteiger partial charge in [0.05, 0.1) is 17.8 Å². The second-order valence-electron chi connectivity index (χ2n) is 6.72. The maximum atomic E-state index is 12.7. The molecule has 1 aliphatic heterocycles. The van der Waals surface area contributed by atoms with Crippen LogP contribution in [-0.2, 0) is 23.9 Å². The number of hydrogen-bond donors (Lipinski definition) is 0. The van der Waals surface area contributed by atoms with Crippen LogP contribution in [0.5, 0.6) is 0 Å². The summed E-state index contributed by atoms with van der Waals surface area (Å²) >= 11 is 0. The first-order valence-electron chi connectivity index (χ1n) is 8.87. The Balaban J connectivity index is 1.81. The highest BCUT2D eigenvalue weighted by Gasteiger charge is 2.48. The van der Waals surface area contributed by atoms with E-state index in [1.807, 2.05) is 49.4 Å². The molecule has 5 heteroatoms. The summed E-state index contributed by atoms with van der Waals surface area (Å²) in [6.07, 6.45) is -0.0653. The third-order valence-electron chi connectivity index (χ3n) is 5.11. The summed E-state index contributed by atoms with van der Waals surface area (Å²) in [5.74, 6) is -3.79. The van der Waals surface area contributed by atoms with Crippen molar-refractivity contribution in [2.45, 2.75) is 33.3 Å². The normalized spacial score (nSPS) is 22.1. The van der Waals surface area contributed by atoms with Crippen LogP contribution in [0, 0.1) is 17.8 Å². The quantitative estimate of drug-likeness (QED) is 0.603. The number of carbonyl (C=O) groups is 3. The molecule has 0 saturated carbocycles. The van der Waals surface area contributed by atoms with Gasteiger partial charge >= 0.3 is 17.9 Å². The molecule has 5 nitrogen and oxygen atoms in total. The number of esters is 3. The summed E-state index contributed by atoms with van der Waals surface area (Å²) in [6, 6.07) is 13.7. The van der Waals surface area contributed by atoms with Gasteiger partial charge in [0.15, 0.2) is 0 Å². The first-order chi connectivity index (χ1) is 12.4. The fraction of sp³-hybridized carbons (Fsp3) is 0.381. The van der Waals surface area contributed by atoms with Crippen molar-refractivity contribution in [3.8, 4) is 0 Å². The van der Waals surface area contributed by atoms with Crippen molar-refractivity contribution in [3.63, 3.8) is 0 Å². The third-order valence-corrected chi connectivity index (χ3v) is 5.11. The lowest BCUT2D eigenvalue weighted by Crippen LogP contribution is -2.32. The highest BCUT2D eigenvalue weighted by Crippen LogP contribution is 2.34. The minimum absolute atomic E-state index is 0.401. The van der Waals surface area contributed by atoms with E-state index < -0.39 is 41.8 Å². The molecule has 0 amide bonds. The van der Waals surface area contributed by atoms with Crippen LogP contribution in [0.3, 0.4) is 0 Å². The van der Waals surface area contributed by atoms with Gasteiger partial charge in [-0.05, 0) is 29.7 Å². The van der Waals surface area contributed by atoms with Crippen LogP contribution >= 0.6 is 0 Å². The summed E-state index contributed by atoms with van der Waals surface area (Å²) in [6.45, 7) is 5.23. The van der Waals surface area contributed by atoms with Gasteiger partial charge in [-0.2, -0.15) is 0 Å². The second-order valence-corrected chi connectivity index (χ2v) is 6.72. The highest BCUT2D eigenvalue weighted by molar-refractivity contribution is 5.98. The number of fused-ring (bicyclic) bond motifs is 1. The molecule has 0 bridgehead atoms. The lowest BCUT2D eigenvalue weighted by Gasteiger charge is -2.23. The molecule has 0 spiro atoms. The lowest BCUT2D eigenvalue weighted by molar-refractivity contribution is -0.161. The van der Waals surface area contributed by atoms with Crippen molar-refractivity contribution in [2.75, 3.05) is 0 Å². The Morgan fingerprint density at radius 1 is 1.12 bits per heavy atom. The largest absolute Gasteiger partial charge is 0.458 e. The fourth-order valence-electron chi connectivity index (χ4n) is 3.62. The monoisotopic (exact) mass is 354 g/mol. The van der Waals surface area contributed by atoms with E-state index in [-0.39, 0.29) is 0 Å². The molecule has 136 valence electrons. The molecular formula is C21H22O5. The molecule has 3 rings (SSSR count). The summed E-state index contributed by atoms with van der Waals surface area (Å²) in [5.41, 5.74) is 0.907. The van der Waals surface area contributed by atoms with Crippen LogP contribution in [0.25, 0.3) is 10.8 Å². The topological polar surface area (TPSA) is 69.7 Å². The number of carbonyl (C=O) groups excluding carboxylic acids is 3. The minimum atomic E-state index is -0.778. The van der Waals surface area contributed by atoms with E-state index in [0.717, 1.165) is 16.3 Å². The van der Waals surface area contributed by atoms with E-state index in [1.54, 1.807) is 13.8 Å². The fourth-order valence-corrected chi connectivity index (χ4v) is 3.62. The Labute approximate surface area is 152 Å². The molecule has 1 saturated heterocycles. The van der Waals surface area contributed by atoms with Crippen molar-refractivity contribution >= 4 is 28.7 Å². The van der Waals surface area contributed by atoms with Crippen molar-refractivity contribution in [3.05, 3.63) is 48.0 Å². The third kappa shape index (κ3) is 3.21. The average molecular weight is 354 g/mol. The molecular weight excluding hydrogens is 332 g/mol. The van der Waals surface area contributed by atoms with Gasteiger partial charge in [-0.1, -0.05) is 56.3 Å². The van der Waals surface area contributed by atoms with Crippen LogP contribution in [0.1, 0.15) is 38.9 Å². The smallest absolute Gasteiger partial charge is 0.318 e. The van der Waals surface area contributed by atoms with Gasteiger partial charge in [-0.15, -0.1) is 0 Å². The van der Waals surface area contributed by atoms with E-state index in [0.29, 0.717) is 6.42 Å². The van der Waals surface area contributed by atoms with E-state index in [9.17, 15) is 14.4 Å². The molecule has 4 atom stereocenters. The van der Waals surface area contributed by atoms with Crippen LogP contribution in [0.4, 0.5) is 0 Å². The maximum absolute atomic E-state index is 12.7. The summed E-state index contributed by atoms with van der Waals surface area (Å²) in [5, 5.41) is 2.09. The zero-order valence-corrected chi connectivity index (χ0v) is 15.1. The number of benzene rings is 2. The average Bonchev–Trinajstić information content (AvgIpc) is 2.88. The van der Waals surface area contributed by atoms with Gasteiger partial charge in [0.2, 0.25) is 0 Å². The predicted octanol–water partition coefficient (Wildman–Crippen LogP) is 3.81. The lowest BCUT2D eigenvalue weighted by atomic mass is 9.82. The van der Waals surface area contributed by atoms with Crippen LogP contribution in [0.15, 0.2) is 42.5 Å². The molecule has 1 aliphatic rings. The molecule has 1 heterocycles. The van der Waals surface area contributed by atoms with Crippen molar-refractivity contribution in [1.29, 1.82) is 0 Å². The highest BCUT2D eigenvalue weighted by atomic mass is 16.6. The van der Waals surface area contributed by atoms with Gasteiger partial charge in [0.25, 0.3) is 0 Å². The molecule has 0 N–H and O–H groups in total. The van der Waals surface area contributed by atoms with Gasteiger partial charge in [0.1, 0.15) is 6.10 Å². The van der Waals surface area contributed by atoms with E-state index in [1.165, 1.54) is 0 Å². The molecule has 0 aromatic heterocycles. The molecule has 4 unspecified atom stereocenters. The summed E-state index contributed by atoms with van der Waals surface area (Å²) in [4.78, 5) is 36.4. The number of cyclic esters (lactones) is 2. The Kier molecular flexibility index (Phi) is 5.07. The Morgan fingerprint density at radius 3 is 2.46 bits per heavy atom. The van der Waals surface area contributed by atoms with Crippen LogP contribution < -0.4 is 0 Å². The summed E-state index contributed by atoms with van der Waals surface area (Å²) < 4.78 is 10.4. The van der Waals surface area contributed by atoms with Crippen LogP contribution in [0.2, 0.25) is 0 Å². The molecule has 0 aliphatic carbocycles. The number of rotatable bonds is 5. The standard InChI is InChI=1S/C21H22O5/c1-4-15(18-12(2)19(22)26-21(18)24)20(23)25-13(3)16-11-7-9-14-8-5-6-10-17(14)16/h5-13,15,18H,4H2,1-3H3. The Hall–Kier alpha value is -2.69. The van der Waals surface area contributed by atoms with Crippen molar-refractivity contribution < 1.29 is 23.9 Å².